The lowest BCUT2D eigenvalue weighted by Gasteiger charge is -2.24. The number of benzene rings is 1. The van der Waals surface area contributed by atoms with Crippen LogP contribution in [-0.4, -0.2) is 58.5 Å². The first-order valence-electron chi connectivity index (χ1n) is 10.1. The predicted octanol–water partition coefficient (Wildman–Crippen LogP) is 2.60. The molecular weight excluding hydrogens is 366 g/mol. The maximum absolute atomic E-state index is 12.7. The summed E-state index contributed by atoms with van der Waals surface area (Å²) in [5, 5.41) is 0. The monoisotopic (exact) mass is 397 g/mol. The van der Waals surface area contributed by atoms with Crippen LogP contribution in [0.3, 0.4) is 0 Å². The van der Waals surface area contributed by atoms with Gasteiger partial charge in [-0.2, -0.15) is 0 Å². The molecule has 1 aromatic heterocycles. The number of carbonyl (C=O) groups is 1. The van der Waals surface area contributed by atoms with Gasteiger partial charge in [0.25, 0.3) is 5.91 Å². The van der Waals surface area contributed by atoms with Gasteiger partial charge in [0, 0.05) is 25.3 Å². The van der Waals surface area contributed by atoms with Crippen LogP contribution < -0.4 is 10.5 Å². The van der Waals surface area contributed by atoms with Gasteiger partial charge in [-0.05, 0) is 49.6 Å². The van der Waals surface area contributed by atoms with E-state index in [1.54, 1.807) is 12.3 Å². The molecule has 2 aromatic rings. The van der Waals surface area contributed by atoms with Crippen LogP contribution >= 0.6 is 0 Å². The van der Waals surface area contributed by atoms with E-state index in [4.69, 9.17) is 10.5 Å². The number of rotatable bonds is 7. The Morgan fingerprint density at radius 1 is 1.38 bits per heavy atom. The standard InChI is InChI=1S/C22H31N5O2/c1-15(2)18-6-5-16(3)11-19(18)29-14-22(28)27-10-8-17(12-27)26(4)13-21-24-9-7-20(23)25-21/h5-7,9,11,15,17H,8,10,12-14H2,1-4H3,(H2,23,24,25)/t17-/m0/s1. The van der Waals surface area contributed by atoms with Gasteiger partial charge in [-0.3, -0.25) is 9.69 Å². The first-order valence-corrected chi connectivity index (χ1v) is 10.1. The van der Waals surface area contributed by atoms with Gasteiger partial charge >= 0.3 is 0 Å². The Morgan fingerprint density at radius 3 is 2.90 bits per heavy atom. The summed E-state index contributed by atoms with van der Waals surface area (Å²) >= 11 is 0. The molecule has 29 heavy (non-hydrogen) atoms. The van der Waals surface area contributed by atoms with E-state index in [9.17, 15) is 4.79 Å². The smallest absolute Gasteiger partial charge is 0.260 e. The molecule has 0 bridgehead atoms. The topological polar surface area (TPSA) is 84.6 Å². The Morgan fingerprint density at radius 2 is 2.17 bits per heavy atom. The fourth-order valence-electron chi connectivity index (χ4n) is 3.65. The highest BCUT2D eigenvalue weighted by Crippen LogP contribution is 2.27. The number of carbonyl (C=O) groups excluding carboxylic acids is 1. The minimum Gasteiger partial charge on any atom is -0.483 e. The molecule has 1 atom stereocenters. The highest BCUT2D eigenvalue weighted by atomic mass is 16.5. The molecule has 7 nitrogen and oxygen atoms in total. The van der Waals surface area contributed by atoms with Crippen molar-refractivity contribution in [3.63, 3.8) is 0 Å². The van der Waals surface area contributed by atoms with Crippen molar-refractivity contribution in [3.05, 3.63) is 47.4 Å². The summed E-state index contributed by atoms with van der Waals surface area (Å²) in [7, 11) is 2.03. The zero-order valence-corrected chi connectivity index (χ0v) is 17.8. The second kappa shape index (κ2) is 9.22. The Hall–Kier alpha value is -2.67. The summed E-state index contributed by atoms with van der Waals surface area (Å²) in [5.74, 6) is 2.35. The van der Waals surface area contributed by atoms with Crippen molar-refractivity contribution < 1.29 is 9.53 Å². The van der Waals surface area contributed by atoms with E-state index < -0.39 is 0 Å². The molecule has 0 spiro atoms. The summed E-state index contributed by atoms with van der Waals surface area (Å²) in [6, 6.07) is 8.12. The van der Waals surface area contributed by atoms with Gasteiger partial charge in [-0.15, -0.1) is 0 Å². The lowest BCUT2D eigenvalue weighted by atomic mass is 10.0. The number of anilines is 1. The molecule has 0 saturated carbocycles. The lowest BCUT2D eigenvalue weighted by Crippen LogP contribution is -2.38. The average molecular weight is 398 g/mol. The molecule has 156 valence electrons. The number of nitrogen functional groups attached to an aromatic ring is 1. The molecule has 2 heterocycles. The second-order valence-electron chi connectivity index (χ2n) is 8.08. The van der Waals surface area contributed by atoms with Crippen molar-refractivity contribution in [1.29, 1.82) is 0 Å². The van der Waals surface area contributed by atoms with Crippen LogP contribution in [0.4, 0.5) is 5.82 Å². The van der Waals surface area contributed by atoms with Crippen LogP contribution in [0.2, 0.25) is 0 Å². The van der Waals surface area contributed by atoms with E-state index in [0.29, 0.717) is 30.6 Å². The fraction of sp³-hybridized carbons (Fsp3) is 0.500. The number of hydrogen-bond acceptors (Lipinski definition) is 6. The first-order chi connectivity index (χ1) is 13.8. The van der Waals surface area contributed by atoms with Gasteiger partial charge in [0.15, 0.2) is 6.61 Å². The maximum Gasteiger partial charge on any atom is 0.260 e. The van der Waals surface area contributed by atoms with Gasteiger partial charge < -0.3 is 15.4 Å². The number of aromatic nitrogens is 2. The van der Waals surface area contributed by atoms with E-state index >= 15 is 0 Å². The molecule has 1 saturated heterocycles. The second-order valence-corrected chi connectivity index (χ2v) is 8.08. The zero-order valence-electron chi connectivity index (χ0n) is 17.8. The molecule has 0 radical (unpaired) electrons. The molecule has 0 unspecified atom stereocenters. The van der Waals surface area contributed by atoms with Crippen LogP contribution in [0.15, 0.2) is 30.5 Å². The Bertz CT molecular complexity index is 855. The van der Waals surface area contributed by atoms with Crippen molar-refractivity contribution in [2.45, 2.75) is 45.7 Å². The van der Waals surface area contributed by atoms with E-state index in [-0.39, 0.29) is 18.6 Å². The van der Waals surface area contributed by atoms with Crippen LogP contribution in [0, 0.1) is 6.92 Å². The van der Waals surface area contributed by atoms with Gasteiger partial charge in [0.1, 0.15) is 17.4 Å². The minimum absolute atomic E-state index is 0.0253. The van der Waals surface area contributed by atoms with E-state index in [1.807, 2.05) is 24.9 Å². The molecule has 1 fully saturated rings. The van der Waals surface area contributed by atoms with E-state index in [0.717, 1.165) is 29.8 Å². The molecule has 0 aliphatic carbocycles. The third kappa shape index (κ3) is 5.44. The van der Waals surface area contributed by atoms with Gasteiger partial charge in [0.05, 0.1) is 6.54 Å². The predicted molar refractivity (Wildman–Crippen MR) is 114 cm³/mol. The van der Waals surface area contributed by atoms with Crippen molar-refractivity contribution in [3.8, 4) is 5.75 Å². The van der Waals surface area contributed by atoms with E-state index in [1.165, 1.54) is 0 Å². The normalized spacial score (nSPS) is 16.6. The number of amides is 1. The number of nitrogens with two attached hydrogens (primary N) is 1. The Kier molecular flexibility index (Phi) is 6.69. The number of likely N-dealkylation sites (tertiary alicyclic amines) is 1. The minimum atomic E-state index is 0.0253. The summed E-state index contributed by atoms with van der Waals surface area (Å²) in [6.07, 6.45) is 2.59. The summed E-state index contributed by atoms with van der Waals surface area (Å²) in [6.45, 7) is 8.39. The highest BCUT2D eigenvalue weighted by Gasteiger charge is 2.29. The van der Waals surface area contributed by atoms with Gasteiger partial charge in [0.2, 0.25) is 0 Å². The van der Waals surface area contributed by atoms with Crippen LogP contribution in [0.25, 0.3) is 0 Å². The average Bonchev–Trinajstić information content (AvgIpc) is 3.16. The molecular formula is C22H31N5O2. The molecule has 1 aliphatic heterocycles. The Labute approximate surface area is 172 Å². The van der Waals surface area contributed by atoms with Crippen LogP contribution in [-0.2, 0) is 11.3 Å². The number of aryl methyl sites for hydroxylation is 1. The zero-order chi connectivity index (χ0) is 21.0. The number of hydrogen-bond donors (Lipinski definition) is 1. The van der Waals surface area contributed by atoms with Gasteiger partial charge in [-0.25, -0.2) is 9.97 Å². The summed E-state index contributed by atoms with van der Waals surface area (Å²) < 4.78 is 5.92. The number of likely N-dealkylation sites (N-methyl/N-ethyl adjacent to an activating group) is 1. The quantitative estimate of drug-likeness (QED) is 0.773. The highest BCUT2D eigenvalue weighted by molar-refractivity contribution is 5.78. The Balaban J connectivity index is 1.53. The SMILES string of the molecule is Cc1ccc(C(C)C)c(OCC(=O)N2CC[C@H](N(C)Cc3nccc(N)n3)C2)c1. The first kappa shape index (κ1) is 21.0. The molecule has 1 aliphatic rings. The molecule has 1 amide bonds. The van der Waals surface area contributed by atoms with Crippen molar-refractivity contribution in [2.75, 3.05) is 32.5 Å². The number of ether oxygens (including phenoxy) is 1. The largest absolute Gasteiger partial charge is 0.483 e. The summed E-state index contributed by atoms with van der Waals surface area (Å²) in [5.41, 5.74) is 7.99. The third-order valence-electron chi connectivity index (χ3n) is 5.40. The summed E-state index contributed by atoms with van der Waals surface area (Å²) in [4.78, 5) is 25.3. The maximum atomic E-state index is 12.7. The number of nitrogens with zero attached hydrogens (tertiary/aromatic N) is 4. The van der Waals surface area contributed by atoms with Crippen molar-refractivity contribution in [1.82, 2.24) is 19.8 Å². The molecule has 3 rings (SSSR count). The fourth-order valence-corrected chi connectivity index (χ4v) is 3.65. The van der Waals surface area contributed by atoms with Crippen LogP contribution in [0.1, 0.15) is 43.1 Å². The molecule has 7 heteroatoms. The van der Waals surface area contributed by atoms with Crippen molar-refractivity contribution >= 4 is 11.7 Å². The lowest BCUT2D eigenvalue weighted by molar-refractivity contribution is -0.132. The molecule has 2 N–H and O–H groups in total. The molecule has 1 aromatic carbocycles. The van der Waals surface area contributed by atoms with Crippen LogP contribution in [0.5, 0.6) is 5.75 Å². The van der Waals surface area contributed by atoms with Gasteiger partial charge in [-0.1, -0.05) is 26.0 Å². The van der Waals surface area contributed by atoms with E-state index in [2.05, 4.69) is 40.8 Å². The third-order valence-corrected chi connectivity index (χ3v) is 5.40. The van der Waals surface area contributed by atoms with Crippen molar-refractivity contribution in [2.24, 2.45) is 0 Å².